The number of allylic oxidation sites excluding steroid dienone is 3. The largest absolute Gasteiger partial charge is 0.480 e. The van der Waals surface area contributed by atoms with Crippen molar-refractivity contribution in [2.45, 2.75) is 53.3 Å². The molecule has 2 N–H and O–H groups in total. The lowest BCUT2D eigenvalue weighted by atomic mass is 9.91. The Morgan fingerprint density at radius 1 is 0.672 bits per heavy atom. The standard InChI is InChI=1S/C53H45NO5P2.C3H8/c1-6-8-16-35-23-30-46(57-61-58-47-31-25-37-18-10-13-21-42(37)51(47)52-43-22-14-11-19-38(43)26-32-48(52)59-61)49(34(35)3)50-41-20-12-9-17-36(41)24-29-45(50)56-60-53(4,5)55-40-27-28-44(54)39(33-40)15-7-2;1-3-2/h6-33,60H,1,54H2,2-5H3;3H2,1-2H3/b15-7-,16-8-;. The Morgan fingerprint density at radius 3 is 1.84 bits per heavy atom. The van der Waals surface area contributed by atoms with E-state index in [2.05, 4.69) is 124 Å². The topological polar surface area (TPSA) is 80.0 Å². The molecule has 8 heteroatoms. The predicted molar refractivity (Wildman–Crippen MR) is 276 cm³/mol. The van der Waals surface area contributed by atoms with Gasteiger partial charge in [0.15, 0.2) is 5.34 Å². The summed E-state index contributed by atoms with van der Waals surface area (Å²) in [5, 5.41) is 7.73. The van der Waals surface area contributed by atoms with Gasteiger partial charge in [-0.25, -0.2) is 0 Å². The van der Waals surface area contributed by atoms with Gasteiger partial charge in [0.05, 0.1) is 0 Å². The molecule has 0 saturated heterocycles. The average molecular weight is 882 g/mol. The van der Waals surface area contributed by atoms with Crippen LogP contribution in [0.15, 0.2) is 173 Å². The van der Waals surface area contributed by atoms with Crippen molar-refractivity contribution < 1.29 is 22.2 Å². The Kier molecular flexibility index (Phi) is 13.3. The molecule has 9 aromatic rings. The SMILES string of the molecule is C=C/C=C\c1ccc(Op2oc3ccc4ccccc4c3c3c(ccc4ccccc43)o2)c(-c2c(OPC(C)(C)Oc3ccc(N)c(/C=C\C)c3)ccc3ccccc23)c1C.CCC. The van der Waals surface area contributed by atoms with Gasteiger partial charge in [-0.2, -0.15) is 0 Å². The van der Waals surface area contributed by atoms with Gasteiger partial charge in [0.25, 0.3) is 0 Å². The summed E-state index contributed by atoms with van der Waals surface area (Å²) in [5.74, 6) is 2.01. The zero-order valence-corrected chi connectivity index (χ0v) is 39.0. The van der Waals surface area contributed by atoms with Gasteiger partial charge in [-0.15, -0.1) is 0 Å². The molecule has 1 unspecified atom stereocenters. The van der Waals surface area contributed by atoms with Gasteiger partial charge in [-0.05, 0) is 114 Å². The van der Waals surface area contributed by atoms with Crippen LogP contribution in [0.2, 0.25) is 0 Å². The van der Waals surface area contributed by atoms with Crippen LogP contribution in [0.25, 0.3) is 77.5 Å². The third kappa shape index (κ3) is 9.17. The summed E-state index contributed by atoms with van der Waals surface area (Å²) in [6, 6.07) is 47.3. The number of nitrogen functional groups attached to an aromatic ring is 1. The van der Waals surface area contributed by atoms with Crippen LogP contribution < -0.4 is 19.5 Å². The lowest BCUT2D eigenvalue weighted by molar-refractivity contribution is 0.195. The zero-order chi connectivity index (χ0) is 44.8. The summed E-state index contributed by atoms with van der Waals surface area (Å²) in [6.45, 7) is 16.3. The van der Waals surface area contributed by atoms with Crippen molar-refractivity contribution in [2.75, 3.05) is 5.73 Å². The molecule has 1 heterocycles. The number of anilines is 1. The van der Waals surface area contributed by atoms with E-state index < -0.39 is 13.6 Å². The summed E-state index contributed by atoms with van der Waals surface area (Å²) in [7, 11) is -2.10. The zero-order valence-electron chi connectivity index (χ0n) is 37.1. The lowest BCUT2D eigenvalue weighted by Crippen LogP contribution is -2.23. The van der Waals surface area contributed by atoms with E-state index in [4.69, 9.17) is 27.9 Å². The highest BCUT2D eigenvalue weighted by atomic mass is 31.1. The third-order valence-corrected chi connectivity index (χ3v) is 12.7. The molecule has 9 rings (SSSR count). The monoisotopic (exact) mass is 881 g/mol. The Hall–Kier alpha value is -6.71. The van der Waals surface area contributed by atoms with Crippen LogP contribution in [0.1, 0.15) is 57.7 Å². The maximum atomic E-state index is 7.05. The molecule has 0 aliphatic rings. The minimum atomic E-state index is -2.02. The molecule has 1 atom stereocenters. The van der Waals surface area contributed by atoms with Crippen molar-refractivity contribution in [3.8, 4) is 28.4 Å². The second-order valence-corrected chi connectivity index (χ2v) is 18.6. The van der Waals surface area contributed by atoms with E-state index in [1.54, 1.807) is 6.08 Å². The van der Waals surface area contributed by atoms with Gasteiger partial charge in [-0.3, -0.25) is 0 Å². The lowest BCUT2D eigenvalue weighted by Gasteiger charge is -2.27. The van der Waals surface area contributed by atoms with E-state index in [1.165, 1.54) is 6.42 Å². The second-order valence-electron chi connectivity index (χ2n) is 16.0. The first-order chi connectivity index (χ1) is 31.1. The number of ether oxygens (including phenoxy) is 1. The number of nitrogens with two attached hydrogens (primary N) is 1. The molecule has 0 spiro atoms. The number of hydrogen-bond donors (Lipinski definition) is 1. The quantitative estimate of drug-likeness (QED) is 0.0792. The number of fused-ring (bicyclic) bond motifs is 8. The van der Waals surface area contributed by atoms with Crippen molar-refractivity contribution in [3.05, 3.63) is 181 Å². The van der Waals surface area contributed by atoms with Crippen molar-refractivity contribution in [3.63, 3.8) is 0 Å². The van der Waals surface area contributed by atoms with E-state index in [-0.39, 0.29) is 8.81 Å². The van der Waals surface area contributed by atoms with Crippen LogP contribution in [0.5, 0.6) is 17.2 Å². The van der Waals surface area contributed by atoms with Gasteiger partial charge in [0.2, 0.25) is 0 Å². The van der Waals surface area contributed by atoms with Gasteiger partial charge in [-0.1, -0.05) is 154 Å². The summed E-state index contributed by atoms with van der Waals surface area (Å²) in [5.41, 5.74) is 13.0. The molecule has 322 valence electrons. The molecule has 64 heavy (non-hydrogen) atoms. The third-order valence-electron chi connectivity index (χ3n) is 10.8. The molecule has 8 aromatic carbocycles. The fraction of sp³-hybridized carbons (Fsp3) is 0.143. The van der Waals surface area contributed by atoms with E-state index in [0.29, 0.717) is 34.1 Å². The smallest absolute Gasteiger partial charge is 0.453 e. The Balaban J connectivity index is 0.00000182. The van der Waals surface area contributed by atoms with E-state index in [9.17, 15) is 0 Å². The molecular weight excluding hydrogens is 829 g/mol. The summed E-state index contributed by atoms with van der Waals surface area (Å²) < 4.78 is 34.2. The number of rotatable bonds is 11. The molecule has 0 aliphatic heterocycles. The van der Waals surface area contributed by atoms with Gasteiger partial charge in [0, 0.05) is 33.2 Å². The van der Waals surface area contributed by atoms with Crippen LogP contribution in [0.3, 0.4) is 0 Å². The summed E-state index contributed by atoms with van der Waals surface area (Å²) >= 11 is 0. The van der Waals surface area contributed by atoms with Crippen molar-refractivity contribution in [1.29, 1.82) is 0 Å². The highest BCUT2D eigenvalue weighted by molar-refractivity contribution is 7.34. The molecule has 6 nitrogen and oxygen atoms in total. The minimum Gasteiger partial charge on any atom is -0.480 e. The van der Waals surface area contributed by atoms with Crippen LogP contribution >= 0.6 is 17.0 Å². The first-order valence-corrected chi connectivity index (χ1v) is 23.6. The second kappa shape index (κ2) is 19.4. The Labute approximate surface area is 378 Å². The Morgan fingerprint density at radius 2 is 1.23 bits per heavy atom. The van der Waals surface area contributed by atoms with Gasteiger partial charge < -0.3 is 27.9 Å². The summed E-state index contributed by atoms with van der Waals surface area (Å²) in [6.07, 6.45) is 11.0. The fourth-order valence-electron chi connectivity index (χ4n) is 7.94. The number of benzene rings is 8. The average Bonchev–Trinajstić information content (AvgIpc) is 3.46. The van der Waals surface area contributed by atoms with Crippen LogP contribution in [-0.4, -0.2) is 5.34 Å². The number of hydrogen-bond acceptors (Lipinski definition) is 6. The predicted octanol–water partition coefficient (Wildman–Crippen LogP) is 17.6. The molecule has 0 amide bonds. The summed E-state index contributed by atoms with van der Waals surface area (Å²) in [4.78, 5) is 0. The van der Waals surface area contributed by atoms with Gasteiger partial charge in [0.1, 0.15) is 37.2 Å². The van der Waals surface area contributed by atoms with E-state index >= 15 is 0 Å². The van der Waals surface area contributed by atoms with E-state index in [0.717, 1.165) is 70.9 Å². The normalized spacial score (nSPS) is 11.9. The van der Waals surface area contributed by atoms with Crippen LogP contribution in [-0.2, 0) is 0 Å². The highest BCUT2D eigenvalue weighted by Crippen LogP contribution is 2.50. The van der Waals surface area contributed by atoms with Crippen molar-refractivity contribution in [1.82, 2.24) is 0 Å². The Bertz CT molecular complexity index is 3180. The molecule has 1 aromatic heterocycles. The molecule has 0 bridgehead atoms. The molecule has 0 radical (unpaired) electrons. The van der Waals surface area contributed by atoms with Crippen molar-refractivity contribution in [2.24, 2.45) is 0 Å². The van der Waals surface area contributed by atoms with Crippen LogP contribution in [0.4, 0.5) is 5.69 Å². The maximum Gasteiger partial charge on any atom is 0.453 e. The van der Waals surface area contributed by atoms with Crippen molar-refractivity contribution >= 4 is 89.1 Å². The van der Waals surface area contributed by atoms with Crippen LogP contribution in [0, 0.1) is 6.92 Å². The highest BCUT2D eigenvalue weighted by Gasteiger charge is 2.26. The molecule has 0 aliphatic carbocycles. The molecule has 0 saturated carbocycles. The van der Waals surface area contributed by atoms with Gasteiger partial charge >= 0.3 is 8.24 Å². The molecule has 0 fully saturated rings. The minimum absolute atomic E-state index is 0.0772. The maximum absolute atomic E-state index is 7.05. The molecular formula is C56H53NO5P2. The first kappa shape index (κ1) is 43.9. The first-order valence-electron chi connectivity index (χ1n) is 21.6. The fourth-order valence-corrected chi connectivity index (χ4v) is 9.67. The van der Waals surface area contributed by atoms with E-state index in [1.807, 2.05) is 87.5 Å².